The third-order valence-corrected chi connectivity index (χ3v) is 3.38. The standard InChI is InChI=1S/C16H17N3O/c1-4-17-15-10(2)11(3)18-16(19-15)14-9-12-7-5-6-8-13(12)20-14/h5-9H,4H2,1-3H3,(H,17,18,19). The second-order valence-electron chi connectivity index (χ2n) is 4.79. The quantitative estimate of drug-likeness (QED) is 0.781. The summed E-state index contributed by atoms with van der Waals surface area (Å²) >= 11 is 0. The molecule has 0 aliphatic carbocycles. The number of hydrogen-bond acceptors (Lipinski definition) is 4. The summed E-state index contributed by atoms with van der Waals surface area (Å²) in [5.74, 6) is 2.20. The van der Waals surface area contributed by atoms with Gasteiger partial charge in [-0.25, -0.2) is 9.97 Å². The second kappa shape index (κ2) is 4.96. The van der Waals surface area contributed by atoms with Crippen LogP contribution >= 0.6 is 0 Å². The van der Waals surface area contributed by atoms with E-state index >= 15 is 0 Å². The predicted molar refractivity (Wildman–Crippen MR) is 80.9 cm³/mol. The van der Waals surface area contributed by atoms with Gasteiger partial charge in [0.05, 0.1) is 0 Å². The van der Waals surface area contributed by atoms with Crippen LogP contribution in [0.25, 0.3) is 22.6 Å². The summed E-state index contributed by atoms with van der Waals surface area (Å²) in [6, 6.07) is 9.91. The van der Waals surface area contributed by atoms with Gasteiger partial charge in [0.15, 0.2) is 11.6 Å². The predicted octanol–water partition coefficient (Wildman–Crippen LogP) is 3.94. The maximum absolute atomic E-state index is 5.83. The van der Waals surface area contributed by atoms with Gasteiger partial charge in [0.1, 0.15) is 11.4 Å². The molecule has 20 heavy (non-hydrogen) atoms. The van der Waals surface area contributed by atoms with Crippen molar-refractivity contribution >= 4 is 16.8 Å². The van der Waals surface area contributed by atoms with E-state index in [0.29, 0.717) is 11.6 Å². The Labute approximate surface area is 117 Å². The highest BCUT2D eigenvalue weighted by atomic mass is 16.3. The van der Waals surface area contributed by atoms with Crippen molar-refractivity contribution < 1.29 is 4.42 Å². The summed E-state index contributed by atoms with van der Waals surface area (Å²) in [5.41, 5.74) is 2.90. The van der Waals surface area contributed by atoms with Gasteiger partial charge in [-0.2, -0.15) is 0 Å². The molecule has 0 spiro atoms. The SMILES string of the molecule is CCNc1nc(-c2cc3ccccc3o2)nc(C)c1C. The van der Waals surface area contributed by atoms with Crippen LogP contribution in [0.3, 0.4) is 0 Å². The van der Waals surface area contributed by atoms with E-state index in [2.05, 4.69) is 22.2 Å². The van der Waals surface area contributed by atoms with Gasteiger partial charge in [-0.15, -0.1) is 0 Å². The van der Waals surface area contributed by atoms with Crippen LogP contribution in [-0.4, -0.2) is 16.5 Å². The molecular formula is C16H17N3O. The monoisotopic (exact) mass is 267 g/mol. The molecule has 2 heterocycles. The van der Waals surface area contributed by atoms with E-state index < -0.39 is 0 Å². The molecule has 4 nitrogen and oxygen atoms in total. The highest BCUT2D eigenvalue weighted by molar-refractivity contribution is 5.81. The molecule has 0 bridgehead atoms. The summed E-state index contributed by atoms with van der Waals surface area (Å²) in [4.78, 5) is 9.11. The molecule has 1 N–H and O–H groups in total. The van der Waals surface area contributed by atoms with Crippen molar-refractivity contribution in [2.75, 3.05) is 11.9 Å². The third-order valence-electron chi connectivity index (χ3n) is 3.38. The number of nitrogens with one attached hydrogen (secondary N) is 1. The van der Waals surface area contributed by atoms with Gasteiger partial charge < -0.3 is 9.73 Å². The van der Waals surface area contributed by atoms with Crippen molar-refractivity contribution in [2.45, 2.75) is 20.8 Å². The smallest absolute Gasteiger partial charge is 0.197 e. The van der Waals surface area contributed by atoms with Crippen LogP contribution in [0.15, 0.2) is 34.7 Å². The lowest BCUT2D eigenvalue weighted by atomic mass is 10.2. The minimum atomic E-state index is 0.625. The first kappa shape index (κ1) is 12.7. The summed E-state index contributed by atoms with van der Waals surface area (Å²) in [7, 11) is 0. The van der Waals surface area contributed by atoms with E-state index in [1.54, 1.807) is 0 Å². The Morgan fingerprint density at radius 1 is 1.15 bits per heavy atom. The van der Waals surface area contributed by atoms with Gasteiger partial charge >= 0.3 is 0 Å². The van der Waals surface area contributed by atoms with Crippen LogP contribution in [0.5, 0.6) is 0 Å². The summed E-state index contributed by atoms with van der Waals surface area (Å²) in [6.07, 6.45) is 0. The molecule has 2 aromatic heterocycles. The molecule has 0 aliphatic rings. The highest BCUT2D eigenvalue weighted by Gasteiger charge is 2.13. The van der Waals surface area contributed by atoms with E-state index in [1.165, 1.54) is 0 Å². The molecule has 0 saturated heterocycles. The Morgan fingerprint density at radius 3 is 2.70 bits per heavy atom. The molecule has 0 unspecified atom stereocenters. The Morgan fingerprint density at radius 2 is 1.95 bits per heavy atom. The topological polar surface area (TPSA) is 51.0 Å². The average molecular weight is 267 g/mol. The van der Waals surface area contributed by atoms with Crippen LogP contribution in [0.4, 0.5) is 5.82 Å². The summed E-state index contributed by atoms with van der Waals surface area (Å²) < 4.78 is 5.83. The molecule has 0 saturated carbocycles. The van der Waals surface area contributed by atoms with Gasteiger partial charge in [-0.3, -0.25) is 0 Å². The minimum Gasteiger partial charge on any atom is -0.453 e. The molecular weight excluding hydrogens is 250 g/mol. The van der Waals surface area contributed by atoms with Crippen LogP contribution < -0.4 is 5.32 Å². The van der Waals surface area contributed by atoms with Gasteiger partial charge in [0.2, 0.25) is 0 Å². The number of nitrogens with zero attached hydrogens (tertiary/aromatic N) is 2. The number of furan rings is 1. The summed E-state index contributed by atoms with van der Waals surface area (Å²) in [6.45, 7) is 6.90. The molecule has 0 fully saturated rings. The lowest BCUT2D eigenvalue weighted by Crippen LogP contribution is -2.05. The van der Waals surface area contributed by atoms with Gasteiger partial charge in [0, 0.05) is 23.2 Å². The van der Waals surface area contributed by atoms with E-state index in [-0.39, 0.29) is 0 Å². The Kier molecular flexibility index (Phi) is 3.14. The van der Waals surface area contributed by atoms with Crippen molar-refractivity contribution in [3.63, 3.8) is 0 Å². The molecule has 3 rings (SSSR count). The largest absolute Gasteiger partial charge is 0.453 e. The first-order chi connectivity index (χ1) is 9.69. The Bertz CT molecular complexity index is 729. The number of fused-ring (bicyclic) bond motifs is 1. The number of rotatable bonds is 3. The Hall–Kier alpha value is -2.36. The normalized spacial score (nSPS) is 10.9. The van der Waals surface area contributed by atoms with Gasteiger partial charge in [-0.1, -0.05) is 18.2 Å². The number of aromatic nitrogens is 2. The third kappa shape index (κ3) is 2.13. The van der Waals surface area contributed by atoms with Crippen molar-refractivity contribution in [3.8, 4) is 11.6 Å². The molecule has 102 valence electrons. The lowest BCUT2D eigenvalue weighted by molar-refractivity contribution is 0.624. The fourth-order valence-electron chi connectivity index (χ4n) is 2.17. The van der Waals surface area contributed by atoms with E-state index in [9.17, 15) is 0 Å². The molecule has 0 amide bonds. The maximum Gasteiger partial charge on any atom is 0.197 e. The second-order valence-corrected chi connectivity index (χ2v) is 4.79. The summed E-state index contributed by atoms with van der Waals surface area (Å²) in [5, 5.41) is 4.33. The zero-order chi connectivity index (χ0) is 14.1. The molecule has 0 radical (unpaired) electrons. The zero-order valence-electron chi connectivity index (χ0n) is 11.9. The van der Waals surface area contributed by atoms with Gasteiger partial charge in [-0.05, 0) is 32.9 Å². The number of benzene rings is 1. The fourth-order valence-corrected chi connectivity index (χ4v) is 2.17. The van der Waals surface area contributed by atoms with Crippen LogP contribution in [0.1, 0.15) is 18.2 Å². The van der Waals surface area contributed by atoms with E-state index in [4.69, 9.17) is 4.42 Å². The van der Waals surface area contributed by atoms with Crippen molar-refractivity contribution in [2.24, 2.45) is 0 Å². The number of para-hydroxylation sites is 1. The molecule has 3 aromatic rings. The molecule has 1 aromatic carbocycles. The number of anilines is 1. The number of hydrogen-bond donors (Lipinski definition) is 1. The first-order valence-electron chi connectivity index (χ1n) is 6.77. The molecule has 4 heteroatoms. The minimum absolute atomic E-state index is 0.625. The van der Waals surface area contributed by atoms with E-state index in [1.807, 2.05) is 44.2 Å². The fraction of sp³-hybridized carbons (Fsp3) is 0.250. The van der Waals surface area contributed by atoms with Gasteiger partial charge in [0.25, 0.3) is 0 Å². The highest BCUT2D eigenvalue weighted by Crippen LogP contribution is 2.27. The Balaban J connectivity index is 2.13. The van der Waals surface area contributed by atoms with Crippen molar-refractivity contribution in [1.29, 1.82) is 0 Å². The molecule has 0 aliphatic heterocycles. The lowest BCUT2D eigenvalue weighted by Gasteiger charge is -2.09. The van der Waals surface area contributed by atoms with Crippen molar-refractivity contribution in [1.82, 2.24) is 9.97 Å². The van der Waals surface area contributed by atoms with Crippen LogP contribution in [0, 0.1) is 13.8 Å². The first-order valence-corrected chi connectivity index (χ1v) is 6.77. The zero-order valence-corrected chi connectivity index (χ0v) is 11.9. The maximum atomic E-state index is 5.83. The van der Waals surface area contributed by atoms with Crippen LogP contribution in [0.2, 0.25) is 0 Å². The average Bonchev–Trinajstić information content (AvgIpc) is 2.87. The molecule has 0 atom stereocenters. The van der Waals surface area contributed by atoms with Crippen molar-refractivity contribution in [3.05, 3.63) is 41.6 Å². The number of aryl methyl sites for hydroxylation is 1. The van der Waals surface area contributed by atoms with E-state index in [0.717, 1.165) is 34.6 Å². The van der Waals surface area contributed by atoms with Crippen LogP contribution in [-0.2, 0) is 0 Å².